The van der Waals surface area contributed by atoms with Crippen LogP contribution < -0.4 is 5.32 Å². The molecule has 2 aromatic rings. The molecule has 548 valence electrons. The third-order valence-electron chi connectivity index (χ3n) is 18.8. The summed E-state index contributed by atoms with van der Waals surface area (Å²) in [6, 6.07) is -8.87. The number of benzene rings is 1. The smallest absolute Gasteiger partial charge is 0.296 e. The van der Waals surface area contributed by atoms with Crippen molar-refractivity contribution in [2.24, 2.45) is 59.2 Å². The number of carbonyl (C=O) groups is 11. The fourth-order valence-corrected chi connectivity index (χ4v) is 13.5. The average Bonchev–Trinajstić information content (AvgIpc) is 1.60. The minimum absolute atomic E-state index is 0.0201. The molecular weight excluding hydrogens is 1280 g/mol. The van der Waals surface area contributed by atoms with Gasteiger partial charge in [-0.2, -0.15) is 8.42 Å². The van der Waals surface area contributed by atoms with Gasteiger partial charge in [-0.25, -0.2) is 13.8 Å². The van der Waals surface area contributed by atoms with Gasteiger partial charge in [0.1, 0.15) is 52.0 Å². The van der Waals surface area contributed by atoms with E-state index in [1.54, 1.807) is 34.6 Å². The molecule has 0 saturated carbocycles. The summed E-state index contributed by atoms with van der Waals surface area (Å²) in [6.45, 7) is 27.0. The highest BCUT2D eigenvalue weighted by molar-refractivity contribution is 7.86. The van der Waals surface area contributed by atoms with Gasteiger partial charge in [-0.05, 0) is 80.5 Å². The van der Waals surface area contributed by atoms with Crippen LogP contribution in [-0.4, -0.2) is 231 Å². The van der Waals surface area contributed by atoms with Gasteiger partial charge in [0.15, 0.2) is 29.0 Å². The van der Waals surface area contributed by atoms with E-state index in [1.165, 1.54) is 89.7 Å². The molecule has 1 aliphatic heterocycles. The number of likely N-dealkylation sites (N-methyl/N-ethyl adjacent to an activating group) is 7. The Morgan fingerprint density at radius 1 is 0.567 bits per heavy atom. The molecule has 1 saturated heterocycles. The first-order valence-corrected chi connectivity index (χ1v) is 35.3. The Bertz CT molecular complexity index is 3280. The van der Waals surface area contributed by atoms with Gasteiger partial charge in [0.2, 0.25) is 47.3 Å². The number of aliphatic hydroxyl groups is 1. The molecule has 97 heavy (non-hydrogen) atoms. The summed E-state index contributed by atoms with van der Waals surface area (Å²) >= 11 is 0. The number of aromatic amines is 1. The molecule has 0 spiro atoms. The van der Waals surface area contributed by atoms with Gasteiger partial charge >= 0.3 is 0 Å². The summed E-state index contributed by atoms with van der Waals surface area (Å²) < 4.78 is 64.6. The summed E-state index contributed by atoms with van der Waals surface area (Å²) in [7, 11) is 4.44. The molecular formula is C69H112F2N10O15S. The number of aliphatic hydroxyl groups excluding tert-OH is 1. The Hall–Kier alpha value is -6.81. The zero-order valence-electron chi connectivity index (χ0n) is 61.5. The number of amides is 8. The van der Waals surface area contributed by atoms with Gasteiger partial charge in [-0.3, -0.25) is 57.3 Å². The number of rotatable bonds is 16. The molecule has 0 aliphatic carbocycles. The normalized spacial score (nSPS) is 25.5. The van der Waals surface area contributed by atoms with Crippen molar-refractivity contribution in [2.75, 3.05) is 55.9 Å². The van der Waals surface area contributed by atoms with Crippen molar-refractivity contribution in [1.82, 2.24) is 49.6 Å². The van der Waals surface area contributed by atoms with Gasteiger partial charge in [-0.15, -0.1) is 0 Å². The summed E-state index contributed by atoms with van der Waals surface area (Å²) in [5.74, 6) is -16.9. The number of hydrogen-bond donors (Lipinski definition) is 4. The Labute approximate surface area is 573 Å². The predicted molar refractivity (Wildman–Crippen MR) is 362 cm³/mol. The highest BCUT2D eigenvalue weighted by atomic mass is 32.2. The summed E-state index contributed by atoms with van der Waals surface area (Å²) in [4.78, 5) is 176. The maximum Gasteiger partial charge on any atom is 0.296 e. The largest absolute Gasteiger partial charge is 0.390 e. The van der Waals surface area contributed by atoms with E-state index < -0.39 is 206 Å². The van der Waals surface area contributed by atoms with E-state index in [2.05, 4.69) is 15.3 Å². The lowest BCUT2D eigenvalue weighted by molar-refractivity contribution is -0.157. The van der Waals surface area contributed by atoms with Crippen molar-refractivity contribution < 1.29 is 79.6 Å². The topological polar surface area (TPSA) is 326 Å². The van der Waals surface area contributed by atoms with Crippen LogP contribution in [0.5, 0.6) is 0 Å². The van der Waals surface area contributed by atoms with E-state index in [9.17, 15) is 56.0 Å². The molecule has 4 N–H and O–H groups in total. The summed E-state index contributed by atoms with van der Waals surface area (Å²) in [6.07, 6.45) is -3.14. The number of nitrogens with one attached hydrogen (secondary N) is 2. The number of halogens is 2. The molecule has 0 bridgehead atoms. The first kappa shape index (κ1) is 84.4. The van der Waals surface area contributed by atoms with E-state index in [-0.39, 0.29) is 80.5 Å². The molecule has 1 aliphatic rings. The lowest BCUT2D eigenvalue weighted by Crippen LogP contribution is -2.62. The van der Waals surface area contributed by atoms with Crippen LogP contribution in [0.4, 0.5) is 8.78 Å². The molecule has 25 nitrogen and oxygen atoms in total. The van der Waals surface area contributed by atoms with Crippen LogP contribution in [-0.2, 0) is 69.3 Å². The molecule has 1 aromatic carbocycles. The van der Waals surface area contributed by atoms with Crippen LogP contribution in [0.1, 0.15) is 168 Å². The van der Waals surface area contributed by atoms with Crippen molar-refractivity contribution in [3.63, 3.8) is 0 Å². The molecule has 12 atom stereocenters. The number of carbonyl (C=O) groups excluding carboxylic acids is 11. The number of H-pyrrole nitrogens is 1. The van der Waals surface area contributed by atoms with Gasteiger partial charge in [-0.1, -0.05) is 104 Å². The van der Waals surface area contributed by atoms with Gasteiger partial charge in [0.05, 0.1) is 24.7 Å². The first-order chi connectivity index (χ1) is 44.6. The zero-order valence-corrected chi connectivity index (χ0v) is 62.3. The maximum atomic E-state index is 15.5. The average molecular weight is 1390 g/mol. The standard InChI is InChI=1S/C69H112F2N10O15S/c1-24-44-31-53(84)61(62(86)41(14)30-55-73-58-54(97(94,95)96)33-46(70)57(71)59(58)74-55)81(23)69(93)60(40(12)13)80(22)68(92)50(28-38(8)9)79(21)67(91)49(27-37(6)7)78(20)64(88)43(16)72-63(87)42(15)29-51(82)48(26-36(4)5)77(19)66(90)45(39(10)11)32-52(83)47(25-35(2)3)76(18)56(85)34-75(17)65(44)89/h33,35-45,47-50,60-62,86H,24-32,34H2,1-23H3,(H,72,87)(H,73,74)(H,94,95,96)/t41-,42-,43-,44-,45+,47+,48+,49+,50+,60+,61-,62-/m1/s1. The number of fused-ring (bicyclic) bond motifs is 1. The first-order valence-electron chi connectivity index (χ1n) is 33.9. The lowest BCUT2D eigenvalue weighted by atomic mass is 9.84. The molecule has 2 heterocycles. The van der Waals surface area contributed by atoms with Crippen molar-refractivity contribution in [3.8, 4) is 0 Å². The second-order valence-electron chi connectivity index (χ2n) is 29.5. The number of Topliss-reactive ketones (excluding diaryl/α,β-unsaturated/α-hetero) is 3. The van der Waals surface area contributed by atoms with E-state index in [1.807, 2.05) is 55.4 Å². The minimum atomic E-state index is -5.17. The van der Waals surface area contributed by atoms with Crippen molar-refractivity contribution >= 4 is 85.8 Å². The third kappa shape index (κ3) is 21.6. The zero-order chi connectivity index (χ0) is 74.6. The molecule has 0 unspecified atom stereocenters. The number of imidazole rings is 1. The summed E-state index contributed by atoms with van der Waals surface area (Å²) in [5.41, 5.74) is -1.41. The second kappa shape index (κ2) is 35.8. The third-order valence-corrected chi connectivity index (χ3v) is 19.6. The van der Waals surface area contributed by atoms with E-state index >= 15 is 23.6 Å². The molecule has 1 aromatic heterocycles. The Morgan fingerprint density at radius 2 is 1.02 bits per heavy atom. The second-order valence-corrected chi connectivity index (χ2v) is 30.9. The molecule has 8 amide bonds. The van der Waals surface area contributed by atoms with Crippen LogP contribution in [0.25, 0.3) is 11.0 Å². The van der Waals surface area contributed by atoms with Gasteiger partial charge < -0.3 is 49.7 Å². The molecule has 0 radical (unpaired) electrons. The highest BCUT2D eigenvalue weighted by Gasteiger charge is 2.46. The molecule has 1 fully saturated rings. The van der Waals surface area contributed by atoms with Crippen LogP contribution in [0.3, 0.4) is 0 Å². The van der Waals surface area contributed by atoms with Crippen LogP contribution in [0.2, 0.25) is 0 Å². The number of hydrogen-bond acceptors (Lipinski definition) is 15. The van der Waals surface area contributed by atoms with E-state index in [0.717, 1.165) is 14.7 Å². The van der Waals surface area contributed by atoms with Gasteiger partial charge in [0.25, 0.3) is 10.1 Å². The van der Waals surface area contributed by atoms with Crippen molar-refractivity contribution in [3.05, 3.63) is 23.5 Å². The monoisotopic (exact) mass is 1390 g/mol. The fourth-order valence-electron chi connectivity index (χ4n) is 12.9. The van der Waals surface area contributed by atoms with Crippen molar-refractivity contribution in [1.29, 1.82) is 0 Å². The fraction of sp³-hybridized carbons (Fsp3) is 0.739. The SMILES string of the molecule is CC[C@@H]1CC(=O)[C@H]([C@H](O)[C@H](C)Cc2nc3c(S(=O)(=O)O)cc(F)c(F)c3[nH]2)N(C)C(=O)[C@H](C(C)C)N(C)C(=O)[C@H](CC(C)C)N(C)C(=O)[C@H](CC(C)C)N(C)C(=O)[C@@H](C)NC(=O)[C@H](C)CC(=O)[C@H](CC(C)C)N(C)C(=O)[C@H](C(C)C)CC(=O)[C@H](CC(C)C)N(C)C(=O)CN(C)C1=O. The Balaban J connectivity index is 2.37. The number of ketones is 3. The molecule has 3 rings (SSSR count). The Morgan fingerprint density at radius 3 is 1.49 bits per heavy atom. The van der Waals surface area contributed by atoms with Gasteiger partial charge in [0, 0.05) is 98.8 Å². The van der Waals surface area contributed by atoms with Crippen molar-refractivity contribution in [2.45, 2.75) is 222 Å². The Kier molecular flexibility index (Phi) is 31.2. The van der Waals surface area contributed by atoms with Crippen LogP contribution >= 0.6 is 0 Å². The number of aromatic nitrogens is 2. The lowest BCUT2D eigenvalue weighted by Gasteiger charge is -2.41. The quantitative estimate of drug-likeness (QED) is 0.136. The maximum absolute atomic E-state index is 15.5. The van der Waals surface area contributed by atoms with E-state index in [0.29, 0.717) is 0 Å². The number of nitrogens with zero attached hydrogens (tertiary/aromatic N) is 8. The van der Waals surface area contributed by atoms with E-state index in [4.69, 9.17) is 0 Å². The van der Waals surface area contributed by atoms with Crippen LogP contribution in [0.15, 0.2) is 11.0 Å². The van der Waals surface area contributed by atoms with Crippen LogP contribution in [0, 0.1) is 70.8 Å². The predicted octanol–water partition coefficient (Wildman–Crippen LogP) is 6.22. The minimum Gasteiger partial charge on any atom is -0.390 e. The summed E-state index contributed by atoms with van der Waals surface area (Å²) in [5, 5.41) is 15.3. The molecule has 28 heteroatoms. The highest BCUT2D eigenvalue weighted by Crippen LogP contribution is 2.32.